The molecule has 17 heavy (non-hydrogen) atoms. The summed E-state index contributed by atoms with van der Waals surface area (Å²) in [6.07, 6.45) is 2.71. The van der Waals surface area contributed by atoms with Crippen LogP contribution in [-0.4, -0.2) is 35.2 Å². The fraction of sp³-hybridized carbons (Fsp3) is 0.727. The van der Waals surface area contributed by atoms with E-state index in [1.807, 2.05) is 0 Å². The van der Waals surface area contributed by atoms with Gasteiger partial charge < -0.3 is 15.2 Å². The molecule has 92 valence electrons. The van der Waals surface area contributed by atoms with Crippen LogP contribution < -0.4 is 10.6 Å². The highest BCUT2D eigenvalue weighted by atomic mass is 16.5. The van der Waals surface area contributed by atoms with E-state index in [0.717, 1.165) is 25.2 Å². The molecule has 1 saturated carbocycles. The molecule has 6 nitrogen and oxygen atoms in total. The van der Waals surface area contributed by atoms with Crippen LogP contribution in [-0.2, 0) is 16.6 Å². The van der Waals surface area contributed by atoms with E-state index in [1.54, 1.807) is 0 Å². The summed E-state index contributed by atoms with van der Waals surface area (Å²) in [7, 11) is 0. The van der Waals surface area contributed by atoms with Crippen LogP contribution in [0.3, 0.4) is 0 Å². The molecule has 6 heteroatoms. The molecule has 2 heterocycles. The number of piperazine rings is 1. The topological polar surface area (TPSA) is 80.0 Å². The van der Waals surface area contributed by atoms with Gasteiger partial charge in [-0.2, -0.15) is 4.98 Å². The Bertz CT molecular complexity index is 438. The lowest BCUT2D eigenvalue weighted by atomic mass is 10.1. The SMILES string of the molecule is CC1(c2noc(CC3NCCNC3=O)n2)CC1. The molecule has 1 aliphatic heterocycles. The zero-order valence-corrected chi connectivity index (χ0v) is 9.82. The first-order valence-electron chi connectivity index (χ1n) is 6.02. The predicted octanol–water partition coefficient (Wildman–Crippen LogP) is -0.248. The summed E-state index contributed by atoms with van der Waals surface area (Å²) in [6, 6.07) is -0.246. The highest BCUT2D eigenvalue weighted by Crippen LogP contribution is 2.45. The predicted molar refractivity (Wildman–Crippen MR) is 59.4 cm³/mol. The fourth-order valence-corrected chi connectivity index (χ4v) is 1.98. The van der Waals surface area contributed by atoms with Crippen molar-refractivity contribution in [3.63, 3.8) is 0 Å². The zero-order valence-electron chi connectivity index (χ0n) is 9.82. The maximum absolute atomic E-state index is 11.6. The van der Waals surface area contributed by atoms with E-state index >= 15 is 0 Å². The number of carbonyl (C=O) groups is 1. The van der Waals surface area contributed by atoms with Gasteiger partial charge in [-0.25, -0.2) is 0 Å². The first-order valence-corrected chi connectivity index (χ1v) is 6.02. The van der Waals surface area contributed by atoms with E-state index in [0.29, 0.717) is 18.9 Å². The van der Waals surface area contributed by atoms with Crippen LogP contribution in [0.25, 0.3) is 0 Å². The minimum atomic E-state index is -0.246. The van der Waals surface area contributed by atoms with E-state index in [9.17, 15) is 4.79 Å². The van der Waals surface area contributed by atoms with Crippen molar-refractivity contribution in [3.8, 4) is 0 Å². The quantitative estimate of drug-likeness (QED) is 0.756. The Hall–Kier alpha value is -1.43. The molecule has 0 aromatic carbocycles. The number of nitrogens with one attached hydrogen (secondary N) is 2. The molecule has 3 rings (SSSR count). The Morgan fingerprint density at radius 2 is 2.29 bits per heavy atom. The van der Waals surface area contributed by atoms with Gasteiger partial charge in [0, 0.05) is 18.5 Å². The summed E-state index contributed by atoms with van der Waals surface area (Å²) in [4.78, 5) is 15.9. The average molecular weight is 236 g/mol. The van der Waals surface area contributed by atoms with Gasteiger partial charge in [-0.3, -0.25) is 4.79 Å². The van der Waals surface area contributed by atoms with Crippen molar-refractivity contribution in [2.75, 3.05) is 13.1 Å². The zero-order chi connectivity index (χ0) is 11.9. The summed E-state index contributed by atoms with van der Waals surface area (Å²) in [5.41, 5.74) is 0.115. The number of rotatable bonds is 3. The molecule has 1 aromatic rings. The number of hydrogen-bond donors (Lipinski definition) is 2. The van der Waals surface area contributed by atoms with Crippen LogP contribution in [0.2, 0.25) is 0 Å². The standard InChI is InChI=1S/C11H16N4O2/c1-11(2-3-11)10-14-8(17-15-10)6-7-9(16)13-5-4-12-7/h7,12H,2-6H2,1H3,(H,13,16). The van der Waals surface area contributed by atoms with Crippen LogP contribution in [0, 0.1) is 0 Å². The van der Waals surface area contributed by atoms with Crippen LogP contribution in [0.5, 0.6) is 0 Å². The molecular weight excluding hydrogens is 220 g/mol. The van der Waals surface area contributed by atoms with E-state index in [-0.39, 0.29) is 17.4 Å². The van der Waals surface area contributed by atoms with Crippen molar-refractivity contribution in [3.05, 3.63) is 11.7 Å². The molecular formula is C11H16N4O2. The molecule has 1 aliphatic carbocycles. The van der Waals surface area contributed by atoms with Crippen molar-refractivity contribution < 1.29 is 9.32 Å². The molecule has 1 amide bonds. The fourth-order valence-electron chi connectivity index (χ4n) is 1.98. The van der Waals surface area contributed by atoms with Crippen LogP contribution in [0.4, 0.5) is 0 Å². The first-order chi connectivity index (χ1) is 8.17. The lowest BCUT2D eigenvalue weighted by Gasteiger charge is -2.21. The molecule has 2 N–H and O–H groups in total. The highest BCUT2D eigenvalue weighted by Gasteiger charge is 2.43. The lowest BCUT2D eigenvalue weighted by molar-refractivity contribution is -0.124. The van der Waals surface area contributed by atoms with E-state index in [1.165, 1.54) is 0 Å². The third-order valence-corrected chi connectivity index (χ3v) is 3.52. The molecule has 2 aliphatic rings. The van der Waals surface area contributed by atoms with Crippen LogP contribution in [0.1, 0.15) is 31.5 Å². The number of hydrogen-bond acceptors (Lipinski definition) is 5. The second-order valence-corrected chi connectivity index (χ2v) is 5.07. The Balaban J connectivity index is 1.68. The monoisotopic (exact) mass is 236 g/mol. The summed E-state index contributed by atoms with van der Waals surface area (Å²) in [5.74, 6) is 1.33. The van der Waals surface area contributed by atoms with Gasteiger partial charge in [0.2, 0.25) is 11.8 Å². The Morgan fingerprint density at radius 3 is 3.00 bits per heavy atom. The van der Waals surface area contributed by atoms with Crippen LogP contribution >= 0.6 is 0 Å². The maximum Gasteiger partial charge on any atom is 0.237 e. The second kappa shape index (κ2) is 3.80. The van der Waals surface area contributed by atoms with Gasteiger partial charge >= 0.3 is 0 Å². The highest BCUT2D eigenvalue weighted by molar-refractivity contribution is 5.82. The van der Waals surface area contributed by atoms with Gasteiger partial charge in [-0.05, 0) is 12.8 Å². The van der Waals surface area contributed by atoms with Gasteiger partial charge in [0.25, 0.3) is 0 Å². The summed E-state index contributed by atoms with van der Waals surface area (Å²) in [5, 5.41) is 9.95. The average Bonchev–Trinajstić information content (AvgIpc) is 2.90. The van der Waals surface area contributed by atoms with Crippen molar-refractivity contribution in [1.82, 2.24) is 20.8 Å². The largest absolute Gasteiger partial charge is 0.353 e. The smallest absolute Gasteiger partial charge is 0.237 e. The number of nitrogens with zero attached hydrogens (tertiary/aromatic N) is 2. The van der Waals surface area contributed by atoms with Crippen LogP contribution in [0.15, 0.2) is 4.52 Å². The van der Waals surface area contributed by atoms with Gasteiger partial charge in [0.1, 0.15) is 0 Å². The van der Waals surface area contributed by atoms with E-state index in [4.69, 9.17) is 4.52 Å². The molecule has 1 saturated heterocycles. The minimum Gasteiger partial charge on any atom is -0.353 e. The maximum atomic E-state index is 11.6. The number of amides is 1. The molecule has 0 spiro atoms. The first kappa shape index (κ1) is 10.7. The van der Waals surface area contributed by atoms with Crippen molar-refractivity contribution in [1.29, 1.82) is 0 Å². The summed E-state index contributed by atoms with van der Waals surface area (Å²) >= 11 is 0. The molecule has 1 atom stereocenters. The Kier molecular flexibility index (Phi) is 2.39. The Labute approximate surface area is 99.2 Å². The second-order valence-electron chi connectivity index (χ2n) is 5.07. The summed E-state index contributed by atoms with van der Waals surface area (Å²) < 4.78 is 5.20. The minimum absolute atomic E-state index is 0.00799. The van der Waals surface area contributed by atoms with Gasteiger partial charge in [-0.1, -0.05) is 12.1 Å². The van der Waals surface area contributed by atoms with Crippen molar-refractivity contribution in [2.45, 2.75) is 37.6 Å². The Morgan fingerprint density at radius 1 is 1.47 bits per heavy atom. The molecule has 0 radical (unpaired) electrons. The third kappa shape index (κ3) is 2.04. The summed E-state index contributed by atoms with van der Waals surface area (Å²) in [6.45, 7) is 3.60. The van der Waals surface area contributed by atoms with Crippen molar-refractivity contribution in [2.24, 2.45) is 0 Å². The number of carbonyl (C=O) groups excluding carboxylic acids is 1. The van der Waals surface area contributed by atoms with Gasteiger partial charge in [0.15, 0.2) is 5.82 Å². The molecule has 1 aromatic heterocycles. The normalized spacial score (nSPS) is 26.6. The number of aromatic nitrogens is 2. The van der Waals surface area contributed by atoms with Gasteiger partial charge in [-0.15, -0.1) is 0 Å². The lowest BCUT2D eigenvalue weighted by Crippen LogP contribution is -2.53. The van der Waals surface area contributed by atoms with E-state index in [2.05, 4.69) is 27.7 Å². The molecule has 2 fully saturated rings. The van der Waals surface area contributed by atoms with Crippen molar-refractivity contribution >= 4 is 5.91 Å². The van der Waals surface area contributed by atoms with E-state index < -0.39 is 0 Å². The molecule has 1 unspecified atom stereocenters. The third-order valence-electron chi connectivity index (χ3n) is 3.52. The molecule has 0 bridgehead atoms. The van der Waals surface area contributed by atoms with Gasteiger partial charge in [0.05, 0.1) is 12.5 Å².